The first-order chi connectivity index (χ1) is 11.3. The van der Waals surface area contributed by atoms with Crippen LogP contribution in [0.25, 0.3) is 0 Å². The third-order valence-corrected chi connectivity index (χ3v) is 8.85. The minimum atomic E-state index is -1.03. The van der Waals surface area contributed by atoms with Crippen LogP contribution < -0.4 is 0 Å². The van der Waals surface area contributed by atoms with Crippen molar-refractivity contribution in [1.82, 2.24) is 0 Å². The Hall–Kier alpha value is -0.610. The second kappa shape index (κ2) is 4.56. The Balaban J connectivity index is 1.70. The Kier molecular flexibility index (Phi) is 2.97. The Morgan fingerprint density at radius 3 is 2.79 bits per heavy atom. The lowest BCUT2D eigenvalue weighted by Crippen LogP contribution is -2.70. The summed E-state index contributed by atoms with van der Waals surface area (Å²) >= 11 is 0. The predicted molar refractivity (Wildman–Crippen MR) is 87.8 cm³/mol. The van der Waals surface area contributed by atoms with Gasteiger partial charge in [-0.2, -0.15) is 0 Å². The van der Waals surface area contributed by atoms with E-state index in [0.717, 1.165) is 6.42 Å². The van der Waals surface area contributed by atoms with Crippen molar-refractivity contribution in [1.29, 1.82) is 0 Å². The normalized spacial score (nSPS) is 61.8. The highest BCUT2D eigenvalue weighted by molar-refractivity contribution is 5.71. The summed E-state index contributed by atoms with van der Waals surface area (Å²) in [6, 6.07) is 0. The summed E-state index contributed by atoms with van der Waals surface area (Å²) in [5.74, 6) is 0.799. The van der Waals surface area contributed by atoms with Crippen molar-refractivity contribution in [3.05, 3.63) is 0 Å². The van der Waals surface area contributed by atoms with Gasteiger partial charge in [-0.25, -0.2) is 0 Å². The first kappa shape index (κ1) is 15.6. The van der Waals surface area contributed by atoms with E-state index in [2.05, 4.69) is 20.8 Å². The Morgan fingerprint density at radius 1 is 1.21 bits per heavy atom. The van der Waals surface area contributed by atoms with Gasteiger partial charge in [0, 0.05) is 24.2 Å². The third kappa shape index (κ3) is 1.61. The molecule has 0 radical (unpaired) electrons. The SMILES string of the molecule is CC1CCCC2(C)C1CC1OC(=O)CC3[C@@H](C)C[C@]4(O)OC[C@]13C24. The Labute approximate surface area is 144 Å². The largest absolute Gasteiger partial charge is 0.462 e. The van der Waals surface area contributed by atoms with E-state index in [-0.39, 0.29) is 28.8 Å². The van der Waals surface area contributed by atoms with Gasteiger partial charge in [-0.15, -0.1) is 0 Å². The number of carbonyl (C=O) groups excluding carboxylic acids is 1. The Bertz CT molecular complexity index is 590. The number of aliphatic hydroxyl groups is 1. The summed E-state index contributed by atoms with van der Waals surface area (Å²) in [5.41, 5.74) is -0.0653. The molecular weight excluding hydrogens is 304 g/mol. The quantitative estimate of drug-likeness (QED) is 0.692. The molecule has 6 unspecified atom stereocenters. The van der Waals surface area contributed by atoms with Crippen LogP contribution in [0.15, 0.2) is 0 Å². The molecule has 2 heterocycles. The summed E-state index contributed by atoms with van der Waals surface area (Å²) in [7, 11) is 0. The van der Waals surface area contributed by atoms with Gasteiger partial charge in [0.15, 0.2) is 5.79 Å². The van der Waals surface area contributed by atoms with Crippen LogP contribution in [-0.4, -0.2) is 29.6 Å². The van der Waals surface area contributed by atoms with E-state index in [9.17, 15) is 9.90 Å². The molecule has 24 heavy (non-hydrogen) atoms. The highest BCUT2D eigenvalue weighted by Crippen LogP contribution is 2.74. The van der Waals surface area contributed by atoms with Gasteiger partial charge in [0.1, 0.15) is 6.10 Å². The molecule has 5 fully saturated rings. The predicted octanol–water partition coefficient (Wildman–Crippen LogP) is 3.13. The van der Waals surface area contributed by atoms with E-state index in [0.29, 0.717) is 43.1 Å². The van der Waals surface area contributed by atoms with Crippen molar-refractivity contribution < 1.29 is 19.4 Å². The van der Waals surface area contributed by atoms with Gasteiger partial charge in [-0.3, -0.25) is 4.79 Å². The molecule has 3 saturated carbocycles. The molecule has 3 aliphatic carbocycles. The van der Waals surface area contributed by atoms with E-state index in [1.165, 1.54) is 19.3 Å². The maximum atomic E-state index is 12.3. The summed E-state index contributed by atoms with van der Waals surface area (Å²) in [6.07, 6.45) is 5.72. The molecule has 2 saturated heterocycles. The van der Waals surface area contributed by atoms with Gasteiger partial charge >= 0.3 is 5.97 Å². The molecule has 1 spiro atoms. The van der Waals surface area contributed by atoms with Gasteiger partial charge in [-0.1, -0.05) is 33.6 Å². The summed E-state index contributed by atoms with van der Waals surface area (Å²) in [4.78, 5) is 12.3. The van der Waals surface area contributed by atoms with Gasteiger partial charge in [-0.05, 0) is 41.9 Å². The zero-order chi connectivity index (χ0) is 16.9. The first-order valence-electron chi connectivity index (χ1n) is 9.87. The fourth-order valence-corrected chi connectivity index (χ4v) is 8.20. The van der Waals surface area contributed by atoms with E-state index in [4.69, 9.17) is 9.47 Å². The maximum Gasteiger partial charge on any atom is 0.306 e. The maximum absolute atomic E-state index is 12.3. The van der Waals surface area contributed by atoms with Crippen LogP contribution in [0.4, 0.5) is 0 Å². The average Bonchev–Trinajstić information content (AvgIpc) is 2.75. The van der Waals surface area contributed by atoms with Crippen LogP contribution >= 0.6 is 0 Å². The smallest absolute Gasteiger partial charge is 0.306 e. The summed E-state index contributed by atoms with van der Waals surface area (Å²) in [5, 5.41) is 11.5. The number of carbonyl (C=O) groups is 1. The van der Waals surface area contributed by atoms with Crippen molar-refractivity contribution in [3.63, 3.8) is 0 Å². The van der Waals surface area contributed by atoms with Crippen LogP contribution in [0.3, 0.4) is 0 Å². The van der Waals surface area contributed by atoms with E-state index < -0.39 is 5.79 Å². The summed E-state index contributed by atoms with van der Waals surface area (Å²) < 4.78 is 12.1. The van der Waals surface area contributed by atoms with Crippen molar-refractivity contribution in [2.75, 3.05) is 6.61 Å². The second-order valence-corrected chi connectivity index (χ2v) is 9.87. The first-order valence-corrected chi connectivity index (χ1v) is 9.87. The molecule has 0 aromatic rings. The lowest BCUT2D eigenvalue weighted by atomic mass is 9.38. The van der Waals surface area contributed by atoms with Crippen LogP contribution in [0.2, 0.25) is 0 Å². The van der Waals surface area contributed by atoms with Crippen LogP contribution in [0, 0.1) is 40.4 Å². The van der Waals surface area contributed by atoms with E-state index in [1.807, 2.05) is 0 Å². The number of hydrogen-bond acceptors (Lipinski definition) is 4. The van der Waals surface area contributed by atoms with Gasteiger partial charge in [0.2, 0.25) is 0 Å². The van der Waals surface area contributed by atoms with Crippen molar-refractivity contribution in [2.45, 2.75) is 71.2 Å². The minimum absolute atomic E-state index is 0.0365. The van der Waals surface area contributed by atoms with Gasteiger partial charge < -0.3 is 14.6 Å². The van der Waals surface area contributed by atoms with Gasteiger partial charge in [0.25, 0.3) is 0 Å². The lowest BCUT2D eigenvalue weighted by Gasteiger charge is -2.67. The topological polar surface area (TPSA) is 55.8 Å². The fraction of sp³-hybridized carbons (Fsp3) is 0.950. The van der Waals surface area contributed by atoms with Crippen molar-refractivity contribution in [2.24, 2.45) is 40.4 Å². The van der Waals surface area contributed by atoms with E-state index >= 15 is 0 Å². The molecule has 4 heteroatoms. The fourth-order valence-electron chi connectivity index (χ4n) is 8.20. The van der Waals surface area contributed by atoms with Crippen molar-refractivity contribution >= 4 is 5.97 Å². The number of hydrogen-bond donors (Lipinski definition) is 1. The van der Waals surface area contributed by atoms with Crippen LogP contribution in [0.1, 0.15) is 59.3 Å². The molecule has 5 rings (SSSR count). The molecule has 2 aliphatic heterocycles. The minimum Gasteiger partial charge on any atom is -0.462 e. The lowest BCUT2D eigenvalue weighted by molar-refractivity contribution is -0.295. The van der Waals surface area contributed by atoms with Crippen molar-refractivity contribution in [3.8, 4) is 0 Å². The van der Waals surface area contributed by atoms with E-state index in [1.54, 1.807) is 0 Å². The molecule has 4 nitrogen and oxygen atoms in total. The molecule has 0 aromatic carbocycles. The molecule has 1 N–H and O–H groups in total. The monoisotopic (exact) mass is 334 g/mol. The zero-order valence-electron chi connectivity index (χ0n) is 15.1. The van der Waals surface area contributed by atoms with Crippen LogP contribution in [-0.2, 0) is 14.3 Å². The summed E-state index contributed by atoms with van der Waals surface area (Å²) in [6.45, 7) is 7.51. The molecular formula is C20H30O4. The molecule has 134 valence electrons. The molecule has 5 aliphatic rings. The average molecular weight is 334 g/mol. The molecule has 0 aromatic heterocycles. The number of fused-ring (bicyclic) bond motifs is 1. The number of ether oxygens (including phenoxy) is 2. The zero-order valence-corrected chi connectivity index (χ0v) is 15.1. The third-order valence-electron chi connectivity index (χ3n) is 8.85. The number of esters is 1. The molecule has 0 amide bonds. The number of rotatable bonds is 0. The molecule has 9 atom stereocenters. The standard InChI is InChI=1S/C20H30O4/c1-11-5-4-6-18(3)13(11)7-15-19-10-23-20(22,17(18)19)9-12(2)14(19)8-16(21)24-15/h11-15,17,22H,4-10H2,1-3H3/t11?,12-,13?,14?,15?,17?,18?,19+,20-/m0/s1. The Morgan fingerprint density at radius 2 is 2.00 bits per heavy atom. The van der Waals surface area contributed by atoms with Gasteiger partial charge in [0.05, 0.1) is 6.61 Å². The highest BCUT2D eigenvalue weighted by Gasteiger charge is 2.77. The second-order valence-electron chi connectivity index (χ2n) is 9.87. The van der Waals surface area contributed by atoms with Crippen LogP contribution in [0.5, 0.6) is 0 Å². The highest BCUT2D eigenvalue weighted by atomic mass is 16.6. The molecule has 2 bridgehead atoms.